The molecule has 0 heterocycles. The molecule has 0 aliphatic rings. The molecule has 3 amide bonds. The first kappa shape index (κ1) is 28.9. The Morgan fingerprint density at radius 1 is 1.00 bits per heavy atom. The third kappa shape index (κ3) is 8.99. The Balaban J connectivity index is 1.85. The Bertz CT molecular complexity index is 1280. The molecule has 39 heavy (non-hydrogen) atoms. The molecule has 0 spiro atoms. The number of nitrogen functional groups attached to an aromatic ring is 1. The van der Waals surface area contributed by atoms with Crippen LogP contribution >= 0.6 is 0 Å². The summed E-state index contributed by atoms with van der Waals surface area (Å²) in [5, 5.41) is 14.0. The van der Waals surface area contributed by atoms with Crippen LogP contribution in [0.1, 0.15) is 28.9 Å². The van der Waals surface area contributed by atoms with Gasteiger partial charge in [-0.2, -0.15) is 0 Å². The zero-order valence-corrected chi connectivity index (χ0v) is 21.4. The number of alkyl carbamates (subject to hydrolysis) is 1. The van der Waals surface area contributed by atoms with Crippen molar-refractivity contribution in [1.82, 2.24) is 5.32 Å². The topological polar surface area (TPSA) is 149 Å². The highest BCUT2D eigenvalue weighted by atomic mass is 16.6. The average molecular weight is 534 g/mol. The predicted molar refractivity (Wildman–Crippen MR) is 146 cm³/mol. The molecule has 5 N–H and O–H groups in total. The first-order chi connectivity index (χ1) is 18.9. The lowest BCUT2D eigenvalue weighted by Crippen LogP contribution is -2.35. The minimum atomic E-state index is -1.07. The Hall–Kier alpha value is -4.67. The SMILES string of the molecule is CCO[C@@H](/C=C/C(=O)Nc1ccccc1N)[C@@H](OC(=O)NC(=O)c1ccccc1)c1cccc(OCCO)c1. The normalized spacial score (nSPS) is 12.4. The van der Waals surface area contributed by atoms with E-state index in [-0.39, 0.29) is 25.4 Å². The van der Waals surface area contributed by atoms with Crippen molar-refractivity contribution in [1.29, 1.82) is 0 Å². The van der Waals surface area contributed by atoms with Crippen LogP contribution in [0.4, 0.5) is 16.2 Å². The monoisotopic (exact) mass is 533 g/mol. The highest BCUT2D eigenvalue weighted by Gasteiger charge is 2.28. The van der Waals surface area contributed by atoms with Crippen LogP contribution in [-0.4, -0.2) is 48.9 Å². The number of imide groups is 1. The number of rotatable bonds is 12. The van der Waals surface area contributed by atoms with Crippen molar-refractivity contribution in [3.8, 4) is 5.75 Å². The molecule has 0 saturated heterocycles. The number of benzene rings is 3. The first-order valence-electron chi connectivity index (χ1n) is 12.3. The van der Waals surface area contributed by atoms with E-state index in [2.05, 4.69) is 10.6 Å². The van der Waals surface area contributed by atoms with Gasteiger partial charge in [0.15, 0.2) is 6.10 Å². The van der Waals surface area contributed by atoms with E-state index in [1.807, 2.05) is 0 Å². The van der Waals surface area contributed by atoms with Crippen molar-refractivity contribution in [2.45, 2.75) is 19.1 Å². The summed E-state index contributed by atoms with van der Waals surface area (Å²) in [6.45, 7) is 1.87. The van der Waals surface area contributed by atoms with Crippen molar-refractivity contribution in [3.05, 3.63) is 102 Å². The summed E-state index contributed by atoms with van der Waals surface area (Å²) in [7, 11) is 0. The molecule has 10 heteroatoms. The summed E-state index contributed by atoms with van der Waals surface area (Å²) in [4.78, 5) is 37.9. The van der Waals surface area contributed by atoms with E-state index in [1.54, 1.807) is 85.8 Å². The molecule has 0 saturated carbocycles. The number of aliphatic hydroxyl groups excluding tert-OH is 1. The van der Waals surface area contributed by atoms with Crippen molar-refractivity contribution in [2.24, 2.45) is 0 Å². The van der Waals surface area contributed by atoms with E-state index >= 15 is 0 Å². The Morgan fingerprint density at radius 2 is 1.74 bits per heavy atom. The highest BCUT2D eigenvalue weighted by Crippen LogP contribution is 2.28. The molecule has 3 rings (SSSR count). The largest absolute Gasteiger partial charge is 0.491 e. The molecular weight excluding hydrogens is 502 g/mol. The minimum Gasteiger partial charge on any atom is -0.491 e. The summed E-state index contributed by atoms with van der Waals surface area (Å²) in [5.74, 6) is -0.685. The van der Waals surface area contributed by atoms with Gasteiger partial charge in [-0.05, 0) is 55.0 Å². The molecule has 2 atom stereocenters. The van der Waals surface area contributed by atoms with Gasteiger partial charge in [-0.15, -0.1) is 0 Å². The summed E-state index contributed by atoms with van der Waals surface area (Å²) < 4.78 is 17.0. The number of anilines is 2. The molecule has 3 aromatic rings. The molecule has 3 aromatic carbocycles. The van der Waals surface area contributed by atoms with Crippen molar-refractivity contribution < 1.29 is 33.7 Å². The quantitative estimate of drug-likeness (QED) is 0.203. The number of nitrogens with two attached hydrogens (primary N) is 1. The molecule has 0 fully saturated rings. The van der Waals surface area contributed by atoms with Gasteiger partial charge in [0.05, 0.1) is 18.0 Å². The van der Waals surface area contributed by atoms with Gasteiger partial charge in [-0.3, -0.25) is 14.9 Å². The summed E-state index contributed by atoms with van der Waals surface area (Å²) in [6, 6.07) is 21.7. The number of hydrogen-bond donors (Lipinski definition) is 4. The Kier molecular flexibility index (Phi) is 11.0. The molecule has 0 aromatic heterocycles. The molecule has 0 aliphatic carbocycles. The maximum absolute atomic E-state index is 12.8. The number of aliphatic hydroxyl groups is 1. The number of ether oxygens (including phenoxy) is 3. The molecule has 0 radical (unpaired) electrons. The maximum atomic E-state index is 12.8. The van der Waals surface area contributed by atoms with E-state index in [4.69, 9.17) is 25.1 Å². The number of amides is 3. The Morgan fingerprint density at radius 3 is 2.46 bits per heavy atom. The number of hydrogen-bond acceptors (Lipinski definition) is 8. The van der Waals surface area contributed by atoms with E-state index in [1.165, 1.54) is 12.2 Å². The lowest BCUT2D eigenvalue weighted by molar-refractivity contribution is -0.112. The van der Waals surface area contributed by atoms with E-state index in [0.29, 0.717) is 22.7 Å². The number of carbonyl (C=O) groups is 3. The van der Waals surface area contributed by atoms with Gasteiger partial charge in [0, 0.05) is 18.2 Å². The molecule has 0 aliphatic heterocycles. The second kappa shape index (κ2) is 14.9. The van der Waals surface area contributed by atoms with E-state index in [0.717, 1.165) is 0 Å². The fraction of sp³-hybridized carbons (Fsp3) is 0.207. The van der Waals surface area contributed by atoms with Gasteiger partial charge in [0.2, 0.25) is 5.91 Å². The standard InChI is InChI=1S/C29H31N3O7/c1-2-37-25(15-16-26(34)31-24-14-7-6-13-23(24)30)27(21-11-8-12-22(19-21)38-18-17-33)39-29(36)32-28(35)20-9-4-3-5-10-20/h3-16,19,25,27,33H,2,17-18,30H2,1H3,(H,31,34)(H,32,35,36)/b16-15+/t25-,27-/m0/s1. The van der Waals surface area contributed by atoms with Crippen LogP contribution in [-0.2, 0) is 14.3 Å². The summed E-state index contributed by atoms with van der Waals surface area (Å²) in [5.41, 5.74) is 7.50. The summed E-state index contributed by atoms with van der Waals surface area (Å²) >= 11 is 0. The van der Waals surface area contributed by atoms with E-state index < -0.39 is 30.1 Å². The van der Waals surface area contributed by atoms with Crippen LogP contribution < -0.4 is 21.1 Å². The van der Waals surface area contributed by atoms with Crippen LogP contribution in [0.2, 0.25) is 0 Å². The van der Waals surface area contributed by atoms with Gasteiger partial charge in [0.1, 0.15) is 18.5 Å². The van der Waals surface area contributed by atoms with Crippen molar-refractivity contribution in [3.63, 3.8) is 0 Å². The lowest BCUT2D eigenvalue weighted by Gasteiger charge is -2.25. The number of nitrogens with one attached hydrogen (secondary N) is 2. The predicted octanol–water partition coefficient (Wildman–Crippen LogP) is 3.85. The Labute approximate surface area is 226 Å². The average Bonchev–Trinajstić information content (AvgIpc) is 2.95. The van der Waals surface area contributed by atoms with Crippen LogP contribution in [0.5, 0.6) is 5.75 Å². The molecule has 0 bridgehead atoms. The first-order valence-corrected chi connectivity index (χ1v) is 12.3. The number of para-hydroxylation sites is 2. The minimum absolute atomic E-state index is 0.0681. The van der Waals surface area contributed by atoms with Crippen molar-refractivity contribution in [2.75, 3.05) is 30.9 Å². The van der Waals surface area contributed by atoms with Crippen LogP contribution in [0, 0.1) is 0 Å². The third-order valence-corrected chi connectivity index (χ3v) is 5.35. The highest BCUT2D eigenvalue weighted by molar-refractivity contribution is 6.03. The number of carbonyl (C=O) groups excluding carboxylic acids is 3. The van der Waals surface area contributed by atoms with Gasteiger partial charge in [-0.1, -0.05) is 42.5 Å². The zero-order chi connectivity index (χ0) is 28.0. The van der Waals surface area contributed by atoms with Crippen LogP contribution in [0.25, 0.3) is 0 Å². The van der Waals surface area contributed by atoms with Crippen molar-refractivity contribution >= 4 is 29.3 Å². The molecule has 10 nitrogen and oxygen atoms in total. The lowest BCUT2D eigenvalue weighted by atomic mass is 10.0. The second-order valence-electron chi connectivity index (χ2n) is 8.15. The molecule has 0 unspecified atom stereocenters. The smallest absolute Gasteiger partial charge is 0.414 e. The molecular formula is C29H31N3O7. The fourth-order valence-electron chi connectivity index (χ4n) is 3.57. The van der Waals surface area contributed by atoms with Gasteiger partial charge >= 0.3 is 6.09 Å². The maximum Gasteiger partial charge on any atom is 0.414 e. The zero-order valence-electron chi connectivity index (χ0n) is 21.4. The van der Waals surface area contributed by atoms with Crippen LogP contribution in [0.3, 0.4) is 0 Å². The fourth-order valence-corrected chi connectivity index (χ4v) is 3.57. The molecule has 204 valence electrons. The van der Waals surface area contributed by atoms with Crippen LogP contribution in [0.15, 0.2) is 91.0 Å². The third-order valence-electron chi connectivity index (χ3n) is 5.35. The van der Waals surface area contributed by atoms with Gasteiger partial charge in [-0.25, -0.2) is 4.79 Å². The van der Waals surface area contributed by atoms with E-state index in [9.17, 15) is 14.4 Å². The van der Waals surface area contributed by atoms with Gasteiger partial charge < -0.3 is 30.4 Å². The summed E-state index contributed by atoms with van der Waals surface area (Å²) in [6.07, 6.45) is -0.287. The second-order valence-corrected chi connectivity index (χ2v) is 8.15. The van der Waals surface area contributed by atoms with Gasteiger partial charge in [0.25, 0.3) is 5.91 Å².